The number of aliphatic hydroxyl groups excluding tert-OH is 2. The van der Waals surface area contributed by atoms with Crippen molar-refractivity contribution in [2.75, 3.05) is 13.2 Å². The molecule has 0 spiro atoms. The molecule has 0 aromatic carbocycles. The van der Waals surface area contributed by atoms with Crippen LogP contribution in [0.5, 0.6) is 0 Å². The van der Waals surface area contributed by atoms with Gasteiger partial charge in [0.2, 0.25) is 0 Å². The van der Waals surface area contributed by atoms with E-state index in [1.807, 2.05) is 0 Å². The van der Waals surface area contributed by atoms with E-state index in [4.69, 9.17) is 23.7 Å². The number of esters is 3. The van der Waals surface area contributed by atoms with Crippen LogP contribution >= 0.6 is 0 Å². The maximum Gasteiger partial charge on any atom is 0.335 e. The molecule has 0 bridgehead atoms. The predicted molar refractivity (Wildman–Crippen MR) is 312 cm³/mol. The zero-order valence-electron chi connectivity index (χ0n) is 49.2. The number of carboxylic acid groups (broad SMARTS) is 1. The summed E-state index contributed by atoms with van der Waals surface area (Å²) in [5, 5.41) is 31.5. The van der Waals surface area contributed by atoms with Crippen molar-refractivity contribution in [1.82, 2.24) is 0 Å². The minimum Gasteiger partial charge on any atom is -0.479 e. The van der Waals surface area contributed by atoms with Gasteiger partial charge in [0.05, 0.1) is 6.61 Å². The lowest BCUT2D eigenvalue weighted by molar-refractivity contribution is -0.301. The van der Waals surface area contributed by atoms with Gasteiger partial charge in [-0.05, 0) is 77.0 Å². The topological polar surface area (TPSA) is 175 Å². The largest absolute Gasteiger partial charge is 0.479 e. The molecule has 0 aliphatic carbocycles. The fourth-order valence-electron chi connectivity index (χ4n) is 9.47. The lowest BCUT2D eigenvalue weighted by Crippen LogP contribution is -2.61. The third-order valence-corrected chi connectivity index (χ3v) is 14.4. The van der Waals surface area contributed by atoms with Crippen molar-refractivity contribution in [3.63, 3.8) is 0 Å². The summed E-state index contributed by atoms with van der Waals surface area (Å²) in [5.41, 5.74) is 0. The quantitative estimate of drug-likeness (QED) is 0.0228. The van der Waals surface area contributed by atoms with Crippen molar-refractivity contribution in [3.8, 4) is 0 Å². The molecule has 1 aliphatic heterocycles. The van der Waals surface area contributed by atoms with Crippen molar-refractivity contribution in [2.45, 2.75) is 327 Å². The van der Waals surface area contributed by atoms with Crippen LogP contribution in [0.15, 0.2) is 48.6 Å². The normalized spacial score (nSPS) is 18.3. The molecule has 1 aliphatic rings. The van der Waals surface area contributed by atoms with E-state index in [1.165, 1.54) is 122 Å². The third-order valence-electron chi connectivity index (χ3n) is 14.4. The molecule has 1 rings (SSSR count). The molecule has 3 N–H and O–H groups in total. The summed E-state index contributed by atoms with van der Waals surface area (Å²) < 4.78 is 28.5. The first kappa shape index (κ1) is 71.7. The number of aliphatic carboxylic acids is 1. The molecule has 0 aromatic rings. The lowest BCUT2D eigenvalue weighted by atomic mass is 9.98. The molecule has 0 radical (unpaired) electrons. The number of hydrogen-bond donors (Lipinski definition) is 3. The first-order valence-corrected chi connectivity index (χ1v) is 31.6. The summed E-state index contributed by atoms with van der Waals surface area (Å²) in [6.07, 6.45) is 52.2. The molecule has 0 saturated carbocycles. The van der Waals surface area contributed by atoms with E-state index < -0.39 is 67.3 Å². The summed E-state index contributed by atoms with van der Waals surface area (Å²) in [6, 6.07) is 0. The third kappa shape index (κ3) is 43.2. The van der Waals surface area contributed by atoms with Gasteiger partial charge >= 0.3 is 23.9 Å². The summed E-state index contributed by atoms with van der Waals surface area (Å²) in [5.74, 6) is -3.13. The number of allylic oxidation sites excluding steroid dienone is 8. The SMILES string of the molecule is CCCC/C=C\CCCCCCCC(=O)OC(COC(=O)CCCCCCCCCCCCCCCCCCC)COC1OC(C(=O)O)C(O)C(O)C1OC(=O)CCCCCCCC/C=C\C/C=C\C/C=C\CCCCC. The monoisotopic (exact) mass is 1090 g/mol. The molecule has 6 atom stereocenters. The molecule has 446 valence electrons. The van der Waals surface area contributed by atoms with Gasteiger partial charge in [0, 0.05) is 19.3 Å². The van der Waals surface area contributed by atoms with E-state index in [1.54, 1.807) is 0 Å². The molecule has 1 saturated heterocycles. The molecule has 6 unspecified atom stereocenters. The average Bonchev–Trinajstić information content (AvgIpc) is 3.41. The van der Waals surface area contributed by atoms with Gasteiger partial charge in [-0.3, -0.25) is 14.4 Å². The highest BCUT2D eigenvalue weighted by Gasteiger charge is 2.50. The van der Waals surface area contributed by atoms with Crippen LogP contribution in [0.25, 0.3) is 0 Å². The fourth-order valence-corrected chi connectivity index (χ4v) is 9.47. The predicted octanol–water partition coefficient (Wildman–Crippen LogP) is 16.6. The van der Waals surface area contributed by atoms with E-state index in [-0.39, 0.29) is 25.9 Å². The van der Waals surface area contributed by atoms with Gasteiger partial charge < -0.3 is 39.0 Å². The van der Waals surface area contributed by atoms with Crippen molar-refractivity contribution in [2.24, 2.45) is 0 Å². The van der Waals surface area contributed by atoms with Gasteiger partial charge in [-0.1, -0.05) is 243 Å². The summed E-state index contributed by atoms with van der Waals surface area (Å²) in [6.45, 7) is 5.95. The van der Waals surface area contributed by atoms with Gasteiger partial charge in [-0.15, -0.1) is 0 Å². The minimum atomic E-state index is -1.91. The first-order valence-electron chi connectivity index (χ1n) is 31.6. The minimum absolute atomic E-state index is 0.0467. The summed E-state index contributed by atoms with van der Waals surface area (Å²) in [7, 11) is 0. The van der Waals surface area contributed by atoms with Crippen LogP contribution in [-0.2, 0) is 42.9 Å². The van der Waals surface area contributed by atoms with E-state index in [9.17, 15) is 34.5 Å². The van der Waals surface area contributed by atoms with Crippen molar-refractivity contribution >= 4 is 23.9 Å². The maximum absolute atomic E-state index is 13.1. The van der Waals surface area contributed by atoms with Crippen LogP contribution in [-0.4, -0.2) is 89.2 Å². The highest BCUT2D eigenvalue weighted by molar-refractivity contribution is 5.74. The van der Waals surface area contributed by atoms with Crippen LogP contribution in [0.4, 0.5) is 0 Å². The Balaban J connectivity index is 2.63. The van der Waals surface area contributed by atoms with Gasteiger partial charge in [0.25, 0.3) is 0 Å². The highest BCUT2D eigenvalue weighted by atomic mass is 16.7. The van der Waals surface area contributed by atoms with Gasteiger partial charge in [0.15, 0.2) is 24.6 Å². The zero-order valence-corrected chi connectivity index (χ0v) is 49.2. The molecular formula is C65H114O12. The Bertz CT molecular complexity index is 1520. The molecule has 12 nitrogen and oxygen atoms in total. The molecule has 1 fully saturated rings. The number of rotatable bonds is 54. The van der Waals surface area contributed by atoms with Crippen LogP contribution in [0.1, 0.15) is 290 Å². The van der Waals surface area contributed by atoms with E-state index in [2.05, 4.69) is 69.4 Å². The second-order valence-corrected chi connectivity index (χ2v) is 21.7. The number of carbonyl (C=O) groups is 4. The van der Waals surface area contributed by atoms with Gasteiger partial charge in [-0.25, -0.2) is 4.79 Å². The highest BCUT2D eigenvalue weighted by Crippen LogP contribution is 2.27. The number of carbonyl (C=O) groups excluding carboxylic acids is 3. The van der Waals surface area contributed by atoms with Gasteiger partial charge in [-0.2, -0.15) is 0 Å². The Morgan fingerprint density at radius 1 is 0.429 bits per heavy atom. The maximum atomic E-state index is 13.1. The molecule has 1 heterocycles. The van der Waals surface area contributed by atoms with Crippen molar-refractivity contribution < 1.29 is 58.2 Å². The lowest BCUT2D eigenvalue weighted by Gasteiger charge is -2.40. The molecule has 12 heteroatoms. The number of carboxylic acids is 1. The van der Waals surface area contributed by atoms with Gasteiger partial charge in [0.1, 0.15) is 18.8 Å². The number of ether oxygens (including phenoxy) is 5. The van der Waals surface area contributed by atoms with Crippen LogP contribution in [0.2, 0.25) is 0 Å². The number of unbranched alkanes of at least 4 members (excludes halogenated alkanes) is 32. The Kier molecular flexibility index (Phi) is 49.7. The smallest absolute Gasteiger partial charge is 0.335 e. The second kappa shape index (κ2) is 53.3. The summed E-state index contributed by atoms with van der Waals surface area (Å²) in [4.78, 5) is 51.2. The van der Waals surface area contributed by atoms with Crippen LogP contribution < -0.4 is 0 Å². The summed E-state index contributed by atoms with van der Waals surface area (Å²) >= 11 is 0. The molecule has 0 aromatic heterocycles. The van der Waals surface area contributed by atoms with E-state index in [0.717, 1.165) is 109 Å². The fraction of sp³-hybridized carbons (Fsp3) is 0.815. The molecule has 0 amide bonds. The van der Waals surface area contributed by atoms with Crippen molar-refractivity contribution in [3.05, 3.63) is 48.6 Å². The van der Waals surface area contributed by atoms with E-state index in [0.29, 0.717) is 19.3 Å². The Morgan fingerprint density at radius 2 is 0.792 bits per heavy atom. The van der Waals surface area contributed by atoms with E-state index >= 15 is 0 Å². The van der Waals surface area contributed by atoms with Crippen molar-refractivity contribution in [1.29, 1.82) is 0 Å². The Labute approximate surface area is 469 Å². The van der Waals surface area contributed by atoms with Crippen LogP contribution in [0, 0.1) is 0 Å². The Hall–Kier alpha value is -3.32. The zero-order chi connectivity index (χ0) is 56.1. The second-order valence-electron chi connectivity index (χ2n) is 21.7. The Morgan fingerprint density at radius 3 is 1.26 bits per heavy atom. The number of aliphatic hydroxyl groups is 2. The average molecular weight is 1090 g/mol. The molecular weight excluding hydrogens is 973 g/mol. The van der Waals surface area contributed by atoms with Crippen LogP contribution in [0.3, 0.4) is 0 Å². The number of hydrogen-bond acceptors (Lipinski definition) is 11. The molecule has 77 heavy (non-hydrogen) atoms. The first-order chi connectivity index (χ1) is 37.6. The standard InChI is InChI=1S/C65H114O12/c1-4-7-10-13-16-19-22-24-26-28-29-31-33-35-38-41-44-47-50-53-59(68)76-63-61(70)60(69)62(64(71)72)77-65(63)74-55-56(75-58(67)52-49-46-43-40-36-21-18-15-12-9-6-3)54-73-57(66)51-48-45-42-39-37-34-32-30-27-25-23-20-17-14-11-8-5-2/h15-16,18-19,24,26,29,31,56,60-63,65,69-70H,4-14,17,20-23,25,27-28,30,32-55H2,1-3H3,(H,71,72)/b18-15-,19-16-,26-24-,31-29-.